The van der Waals surface area contributed by atoms with E-state index in [0.717, 1.165) is 0 Å². The smallest absolute Gasteiger partial charge is 0.252 e. The molecule has 0 N–H and O–H groups in total. The van der Waals surface area contributed by atoms with Crippen LogP contribution in [0.5, 0.6) is 0 Å². The standard InChI is InChI=1S/C63H59BN2S/c1-60(2,3)39-26-32-53-52(33-39)64-51-31-25-40(61(4,5)6)34-54(51)65(42-27-23-38(24-28-42)44-19-16-20-48-47-18-13-15-22-57(47)67-59(44)48)55-35-41(62(7,8)9)36-56(58(55)64)66(53)43-29-30-46-45-17-12-14-21-49(45)63(10,11)50(46)37-43/h12-37H,1-11H3. The van der Waals surface area contributed by atoms with E-state index in [2.05, 4.69) is 244 Å². The summed E-state index contributed by atoms with van der Waals surface area (Å²) in [7, 11) is 0. The van der Waals surface area contributed by atoms with E-state index in [4.69, 9.17) is 0 Å². The van der Waals surface area contributed by atoms with Crippen LogP contribution in [0.25, 0.3) is 42.4 Å². The lowest BCUT2D eigenvalue weighted by atomic mass is 9.33. The molecule has 0 saturated carbocycles. The van der Waals surface area contributed by atoms with Gasteiger partial charge in [0.2, 0.25) is 0 Å². The summed E-state index contributed by atoms with van der Waals surface area (Å²) in [5.74, 6) is 0. The highest BCUT2D eigenvalue weighted by Gasteiger charge is 2.45. The molecule has 1 aliphatic carbocycles. The molecule has 330 valence electrons. The Hall–Kier alpha value is -6.36. The van der Waals surface area contributed by atoms with Crippen molar-refractivity contribution in [1.29, 1.82) is 0 Å². The first-order chi connectivity index (χ1) is 31.9. The summed E-state index contributed by atoms with van der Waals surface area (Å²) < 4.78 is 2.68. The zero-order valence-corrected chi connectivity index (χ0v) is 41.7. The number of thiophene rings is 1. The van der Waals surface area contributed by atoms with Gasteiger partial charge in [-0.2, -0.15) is 0 Å². The van der Waals surface area contributed by atoms with Crippen molar-refractivity contribution >= 4 is 88.7 Å². The number of hydrogen-bond donors (Lipinski definition) is 0. The van der Waals surface area contributed by atoms with Gasteiger partial charge in [-0.1, -0.05) is 179 Å². The number of rotatable bonds is 3. The predicted octanol–water partition coefficient (Wildman–Crippen LogP) is 16.0. The Morgan fingerprint density at radius 1 is 0.433 bits per heavy atom. The average Bonchev–Trinajstić information content (AvgIpc) is 3.79. The van der Waals surface area contributed by atoms with Gasteiger partial charge in [0.1, 0.15) is 0 Å². The third kappa shape index (κ3) is 6.35. The van der Waals surface area contributed by atoms with Crippen molar-refractivity contribution in [1.82, 2.24) is 0 Å². The van der Waals surface area contributed by atoms with Crippen molar-refractivity contribution in [3.63, 3.8) is 0 Å². The second kappa shape index (κ2) is 14.3. The summed E-state index contributed by atoms with van der Waals surface area (Å²) >= 11 is 1.90. The Labute approximate surface area is 402 Å². The SMILES string of the molecule is CC(C)(C)c1ccc2c(c1)B1c3ccc(C(C)(C)C)cc3N(c3ccc(-c4cccc5c4sc4ccccc45)cc3)c3cc(C(C)(C)C)cc(c31)N2c1ccc2c(c1)C(C)(C)c1ccccc1-2. The first kappa shape index (κ1) is 42.0. The van der Waals surface area contributed by atoms with Crippen LogP contribution in [-0.2, 0) is 21.7 Å². The number of anilines is 6. The van der Waals surface area contributed by atoms with Gasteiger partial charge in [0.05, 0.1) is 0 Å². The second-order valence-electron chi connectivity index (χ2n) is 23.1. The quantitative estimate of drug-likeness (QED) is 0.163. The van der Waals surface area contributed by atoms with Crippen LogP contribution in [0.1, 0.15) is 104 Å². The fraction of sp³-hybridized carbons (Fsp3) is 0.238. The lowest BCUT2D eigenvalue weighted by Gasteiger charge is -2.46. The Morgan fingerprint density at radius 3 is 1.75 bits per heavy atom. The van der Waals surface area contributed by atoms with Gasteiger partial charge >= 0.3 is 0 Å². The van der Waals surface area contributed by atoms with Gasteiger partial charge in [0.15, 0.2) is 0 Å². The van der Waals surface area contributed by atoms with Crippen LogP contribution in [0.4, 0.5) is 34.1 Å². The molecule has 67 heavy (non-hydrogen) atoms. The normalized spacial score (nSPS) is 14.8. The molecule has 12 rings (SSSR count). The van der Waals surface area contributed by atoms with E-state index in [1.807, 2.05) is 11.3 Å². The van der Waals surface area contributed by atoms with Crippen molar-refractivity contribution in [2.75, 3.05) is 9.80 Å². The molecule has 2 nitrogen and oxygen atoms in total. The third-order valence-electron chi connectivity index (χ3n) is 15.3. The summed E-state index contributed by atoms with van der Waals surface area (Å²) in [5, 5.41) is 2.66. The van der Waals surface area contributed by atoms with Gasteiger partial charge < -0.3 is 9.80 Å². The van der Waals surface area contributed by atoms with Gasteiger partial charge in [-0.15, -0.1) is 11.3 Å². The van der Waals surface area contributed by atoms with Crippen LogP contribution in [0.2, 0.25) is 0 Å². The molecule has 0 spiro atoms. The van der Waals surface area contributed by atoms with Crippen LogP contribution in [0.3, 0.4) is 0 Å². The van der Waals surface area contributed by atoms with E-state index in [-0.39, 0.29) is 28.4 Å². The van der Waals surface area contributed by atoms with Gasteiger partial charge in [-0.05, 0) is 137 Å². The minimum absolute atomic E-state index is 0.0238. The number of fused-ring (bicyclic) bond motifs is 10. The maximum absolute atomic E-state index is 2.62. The molecule has 8 aromatic carbocycles. The molecule has 0 saturated heterocycles. The first-order valence-electron chi connectivity index (χ1n) is 24.2. The van der Waals surface area contributed by atoms with Crippen molar-refractivity contribution in [2.24, 2.45) is 0 Å². The monoisotopic (exact) mass is 886 g/mol. The molecule has 4 heteroatoms. The fourth-order valence-corrected chi connectivity index (χ4v) is 12.8. The molecular weight excluding hydrogens is 828 g/mol. The van der Waals surface area contributed by atoms with E-state index >= 15 is 0 Å². The van der Waals surface area contributed by atoms with Crippen molar-refractivity contribution in [2.45, 2.75) is 97.8 Å². The Morgan fingerprint density at radius 2 is 1.01 bits per heavy atom. The highest BCUT2D eigenvalue weighted by molar-refractivity contribution is 7.26. The highest BCUT2D eigenvalue weighted by atomic mass is 32.1. The minimum atomic E-state index is -0.124. The zero-order valence-electron chi connectivity index (χ0n) is 40.9. The maximum atomic E-state index is 2.62. The Kier molecular flexibility index (Phi) is 8.99. The van der Waals surface area contributed by atoms with Gasteiger partial charge in [-0.25, -0.2) is 0 Å². The lowest BCUT2D eigenvalue weighted by Crippen LogP contribution is -2.61. The van der Waals surface area contributed by atoms with Gasteiger partial charge in [-0.3, -0.25) is 0 Å². The average molecular weight is 887 g/mol. The molecule has 0 radical (unpaired) electrons. The topological polar surface area (TPSA) is 6.48 Å². The molecule has 3 aliphatic rings. The van der Waals surface area contributed by atoms with E-state index in [1.54, 1.807) is 0 Å². The van der Waals surface area contributed by atoms with E-state index in [1.165, 1.54) is 121 Å². The van der Waals surface area contributed by atoms with Crippen molar-refractivity contribution < 1.29 is 0 Å². The van der Waals surface area contributed by atoms with Crippen LogP contribution in [0, 0.1) is 0 Å². The second-order valence-corrected chi connectivity index (χ2v) is 24.1. The number of benzene rings is 8. The van der Waals surface area contributed by atoms with Crippen molar-refractivity contribution in [3.8, 4) is 22.3 Å². The summed E-state index contributed by atoms with van der Waals surface area (Å²) in [4.78, 5) is 5.23. The summed E-state index contributed by atoms with van der Waals surface area (Å²) in [6.45, 7) is 26.0. The highest BCUT2D eigenvalue weighted by Crippen LogP contribution is 2.52. The Balaban J connectivity index is 1.12. The van der Waals surface area contributed by atoms with Crippen LogP contribution < -0.4 is 26.2 Å². The summed E-state index contributed by atoms with van der Waals surface area (Å²) in [6, 6.07) is 61.1. The number of hydrogen-bond acceptors (Lipinski definition) is 3. The lowest BCUT2D eigenvalue weighted by molar-refractivity contribution is 0.589. The third-order valence-corrected chi connectivity index (χ3v) is 16.6. The molecule has 0 amide bonds. The van der Waals surface area contributed by atoms with Gasteiger partial charge in [0, 0.05) is 59.7 Å². The number of nitrogens with zero attached hydrogens (tertiary/aromatic N) is 2. The molecule has 0 fully saturated rings. The van der Waals surface area contributed by atoms with Gasteiger partial charge in [0.25, 0.3) is 6.71 Å². The molecule has 1 aromatic heterocycles. The zero-order chi connectivity index (χ0) is 46.5. The molecule has 3 heterocycles. The molecule has 9 aromatic rings. The molecule has 0 unspecified atom stereocenters. The minimum Gasteiger partial charge on any atom is -0.311 e. The fourth-order valence-electron chi connectivity index (χ4n) is 11.5. The van der Waals surface area contributed by atoms with Crippen LogP contribution in [0.15, 0.2) is 158 Å². The predicted molar refractivity (Wildman–Crippen MR) is 292 cm³/mol. The first-order valence-corrected chi connectivity index (χ1v) is 25.0. The van der Waals surface area contributed by atoms with E-state index in [0.29, 0.717) is 0 Å². The van der Waals surface area contributed by atoms with Crippen molar-refractivity contribution in [3.05, 3.63) is 186 Å². The molecule has 0 bridgehead atoms. The molecular formula is C63H59BN2S. The molecule has 2 aliphatic heterocycles. The maximum Gasteiger partial charge on any atom is 0.252 e. The largest absolute Gasteiger partial charge is 0.311 e. The summed E-state index contributed by atoms with van der Waals surface area (Å²) in [5.41, 5.74) is 23.2. The Bertz CT molecular complexity index is 3510. The summed E-state index contributed by atoms with van der Waals surface area (Å²) in [6.07, 6.45) is 0. The van der Waals surface area contributed by atoms with Crippen LogP contribution in [-0.4, -0.2) is 6.71 Å². The molecule has 0 atom stereocenters. The van der Waals surface area contributed by atoms with E-state index in [9.17, 15) is 0 Å². The van der Waals surface area contributed by atoms with E-state index < -0.39 is 0 Å². The van der Waals surface area contributed by atoms with Crippen LogP contribution >= 0.6 is 11.3 Å².